The monoisotopic (exact) mass is 227 g/mol. The third-order valence-electron chi connectivity index (χ3n) is 1.55. The maximum absolute atomic E-state index is 5.64. The lowest BCUT2D eigenvalue weighted by atomic mass is 10.2. The first kappa shape index (κ1) is 7.13. The summed E-state index contributed by atoms with van der Waals surface area (Å²) in [6, 6.07) is 5.95. The topological polar surface area (TPSA) is 26.0 Å². The van der Waals surface area contributed by atoms with Crippen molar-refractivity contribution in [2.75, 3.05) is 5.73 Å². The summed E-state index contributed by atoms with van der Waals surface area (Å²) in [5.74, 6) is 0. The Balaban J connectivity index is 2.87. The van der Waals surface area contributed by atoms with Crippen molar-refractivity contribution in [3.05, 3.63) is 28.1 Å². The van der Waals surface area contributed by atoms with Gasteiger partial charge in [-0.2, -0.15) is 0 Å². The van der Waals surface area contributed by atoms with Gasteiger partial charge in [0.2, 0.25) is 0 Å². The highest BCUT2D eigenvalue weighted by molar-refractivity contribution is 9.10. The Morgan fingerprint density at radius 3 is 3.00 bits per heavy atom. The molecular weight excluding hydrogens is 222 g/mol. The van der Waals surface area contributed by atoms with E-state index in [1.807, 2.05) is 18.2 Å². The lowest BCUT2D eigenvalue weighted by molar-refractivity contribution is 1.78. The van der Waals surface area contributed by atoms with Gasteiger partial charge < -0.3 is 5.73 Å². The Morgan fingerprint density at radius 1 is 1.36 bits per heavy atom. The summed E-state index contributed by atoms with van der Waals surface area (Å²) in [6.45, 7) is 0. The van der Waals surface area contributed by atoms with Gasteiger partial charge in [-0.05, 0) is 34.1 Å². The van der Waals surface area contributed by atoms with Crippen LogP contribution in [0.3, 0.4) is 0 Å². The molecule has 3 heteroatoms. The Bertz CT molecular complexity index is 394. The minimum Gasteiger partial charge on any atom is -0.399 e. The van der Waals surface area contributed by atoms with E-state index in [2.05, 4.69) is 21.3 Å². The molecule has 0 atom stereocenters. The first-order valence-electron chi connectivity index (χ1n) is 3.19. The number of halogens is 1. The number of hydrogen-bond acceptors (Lipinski definition) is 2. The molecule has 0 amide bonds. The standard InChI is InChI=1S/C8H6BrNS/c9-7-4-11-8-2-1-5(10)3-6(7)8/h1-4H,10H2. The molecule has 0 unspecified atom stereocenters. The first-order chi connectivity index (χ1) is 5.27. The molecule has 1 nitrogen and oxygen atoms in total. The quantitative estimate of drug-likeness (QED) is 0.688. The number of hydrogen-bond donors (Lipinski definition) is 1. The highest BCUT2D eigenvalue weighted by atomic mass is 79.9. The van der Waals surface area contributed by atoms with Crippen molar-refractivity contribution < 1.29 is 0 Å². The van der Waals surface area contributed by atoms with Crippen molar-refractivity contribution in [1.82, 2.24) is 0 Å². The van der Waals surface area contributed by atoms with Gasteiger partial charge >= 0.3 is 0 Å². The zero-order valence-electron chi connectivity index (χ0n) is 5.67. The van der Waals surface area contributed by atoms with Crippen molar-refractivity contribution in [1.29, 1.82) is 0 Å². The van der Waals surface area contributed by atoms with Crippen LogP contribution in [0.15, 0.2) is 28.1 Å². The van der Waals surface area contributed by atoms with Crippen molar-refractivity contribution in [2.24, 2.45) is 0 Å². The molecule has 1 heterocycles. The average Bonchev–Trinajstić information content (AvgIpc) is 2.33. The summed E-state index contributed by atoms with van der Waals surface area (Å²) in [6.07, 6.45) is 0. The van der Waals surface area contributed by atoms with E-state index >= 15 is 0 Å². The van der Waals surface area contributed by atoms with Gasteiger partial charge in [0, 0.05) is 25.6 Å². The van der Waals surface area contributed by atoms with Gasteiger partial charge in [-0.15, -0.1) is 11.3 Å². The number of nitrogen functional groups attached to an aromatic ring is 1. The molecule has 0 fully saturated rings. The lowest BCUT2D eigenvalue weighted by Crippen LogP contribution is -1.81. The van der Waals surface area contributed by atoms with Crippen LogP contribution in [0.1, 0.15) is 0 Å². The number of nitrogens with two attached hydrogens (primary N) is 1. The Morgan fingerprint density at radius 2 is 2.18 bits per heavy atom. The highest BCUT2D eigenvalue weighted by Gasteiger charge is 1.99. The molecule has 2 aromatic rings. The van der Waals surface area contributed by atoms with Crippen molar-refractivity contribution in [3.63, 3.8) is 0 Å². The third-order valence-corrected chi connectivity index (χ3v) is 3.47. The van der Waals surface area contributed by atoms with Gasteiger partial charge in [-0.25, -0.2) is 0 Å². The van der Waals surface area contributed by atoms with E-state index in [0.717, 1.165) is 10.2 Å². The third kappa shape index (κ3) is 1.14. The van der Waals surface area contributed by atoms with Crippen LogP contribution >= 0.6 is 27.3 Å². The molecule has 11 heavy (non-hydrogen) atoms. The zero-order chi connectivity index (χ0) is 7.84. The van der Waals surface area contributed by atoms with Gasteiger partial charge in [0.25, 0.3) is 0 Å². The second-order valence-electron chi connectivity index (χ2n) is 2.34. The molecule has 0 aliphatic heterocycles. The number of fused-ring (bicyclic) bond motifs is 1. The SMILES string of the molecule is Nc1ccc2scc(Br)c2c1. The predicted octanol–water partition coefficient (Wildman–Crippen LogP) is 3.25. The molecule has 0 saturated carbocycles. The first-order valence-corrected chi connectivity index (χ1v) is 4.87. The van der Waals surface area contributed by atoms with Gasteiger partial charge in [0.05, 0.1) is 0 Å². The van der Waals surface area contributed by atoms with Crippen LogP contribution in [0, 0.1) is 0 Å². The highest BCUT2D eigenvalue weighted by Crippen LogP contribution is 2.31. The fourth-order valence-corrected chi connectivity index (χ4v) is 2.56. The Labute approximate surface area is 77.0 Å². The van der Waals surface area contributed by atoms with Crippen LogP contribution in [0.4, 0.5) is 5.69 Å². The minimum atomic E-state index is 0.816. The summed E-state index contributed by atoms with van der Waals surface area (Å²) in [5, 5.41) is 3.28. The van der Waals surface area contributed by atoms with Gasteiger partial charge in [-0.3, -0.25) is 0 Å². The van der Waals surface area contributed by atoms with Crippen molar-refractivity contribution in [2.45, 2.75) is 0 Å². The molecule has 0 spiro atoms. The van der Waals surface area contributed by atoms with Crippen LogP contribution in [-0.2, 0) is 0 Å². The second kappa shape index (κ2) is 2.50. The van der Waals surface area contributed by atoms with E-state index in [9.17, 15) is 0 Å². The van der Waals surface area contributed by atoms with Crippen LogP contribution in [-0.4, -0.2) is 0 Å². The van der Waals surface area contributed by atoms with E-state index in [1.165, 1.54) is 10.1 Å². The van der Waals surface area contributed by atoms with Crippen LogP contribution in [0.5, 0.6) is 0 Å². The Hall–Kier alpha value is -0.540. The molecule has 0 aliphatic carbocycles. The fourth-order valence-electron chi connectivity index (χ4n) is 1.02. The van der Waals surface area contributed by atoms with E-state index in [4.69, 9.17) is 5.73 Å². The second-order valence-corrected chi connectivity index (χ2v) is 4.10. The number of anilines is 1. The Kier molecular flexibility index (Phi) is 1.62. The molecule has 2 N–H and O–H groups in total. The van der Waals surface area contributed by atoms with Crippen molar-refractivity contribution >= 4 is 43.0 Å². The van der Waals surface area contributed by atoms with E-state index < -0.39 is 0 Å². The summed E-state index contributed by atoms with van der Waals surface area (Å²) in [5.41, 5.74) is 6.45. The molecule has 2 rings (SSSR count). The maximum atomic E-state index is 5.64. The summed E-state index contributed by atoms with van der Waals surface area (Å²) >= 11 is 5.18. The summed E-state index contributed by atoms with van der Waals surface area (Å²) in [7, 11) is 0. The molecular formula is C8H6BrNS. The largest absolute Gasteiger partial charge is 0.399 e. The van der Waals surface area contributed by atoms with Crippen LogP contribution in [0.2, 0.25) is 0 Å². The molecule has 0 bridgehead atoms. The molecule has 0 radical (unpaired) electrons. The van der Waals surface area contributed by atoms with Crippen LogP contribution < -0.4 is 5.73 Å². The smallest absolute Gasteiger partial charge is 0.0361 e. The van der Waals surface area contributed by atoms with E-state index in [-0.39, 0.29) is 0 Å². The lowest BCUT2D eigenvalue weighted by Gasteiger charge is -1.92. The van der Waals surface area contributed by atoms with Gasteiger partial charge in [0.1, 0.15) is 0 Å². The average molecular weight is 228 g/mol. The fraction of sp³-hybridized carbons (Fsp3) is 0. The number of benzene rings is 1. The summed E-state index contributed by atoms with van der Waals surface area (Å²) < 4.78 is 2.40. The molecule has 1 aromatic heterocycles. The zero-order valence-corrected chi connectivity index (χ0v) is 8.08. The summed E-state index contributed by atoms with van der Waals surface area (Å²) in [4.78, 5) is 0. The number of thiophene rings is 1. The van der Waals surface area contributed by atoms with Crippen molar-refractivity contribution in [3.8, 4) is 0 Å². The normalized spacial score (nSPS) is 10.6. The van der Waals surface area contributed by atoms with Gasteiger partial charge in [0.15, 0.2) is 0 Å². The number of rotatable bonds is 0. The predicted molar refractivity (Wildman–Crippen MR) is 53.9 cm³/mol. The molecule has 1 aromatic carbocycles. The van der Waals surface area contributed by atoms with Gasteiger partial charge in [-0.1, -0.05) is 0 Å². The van der Waals surface area contributed by atoms with E-state index in [1.54, 1.807) is 11.3 Å². The van der Waals surface area contributed by atoms with Crippen LogP contribution in [0.25, 0.3) is 10.1 Å². The molecule has 0 aliphatic rings. The molecule has 0 saturated heterocycles. The van der Waals surface area contributed by atoms with E-state index in [0.29, 0.717) is 0 Å². The minimum absolute atomic E-state index is 0.816. The maximum Gasteiger partial charge on any atom is 0.0361 e. The molecule has 56 valence electrons.